The zero-order valence-electron chi connectivity index (χ0n) is 20.5. The highest BCUT2D eigenvalue weighted by molar-refractivity contribution is 6.36. The van der Waals surface area contributed by atoms with E-state index in [4.69, 9.17) is 42.1 Å². The minimum Gasteiger partial charge on any atom is -0.493 e. The fourth-order valence-electron chi connectivity index (χ4n) is 3.13. The molecule has 198 valence electrons. The highest BCUT2D eigenvalue weighted by Crippen LogP contribution is 2.38. The van der Waals surface area contributed by atoms with E-state index < -0.39 is 17.8 Å². The standard InChI is InChI=1S/C26H23Cl2N3O7/c1-35-21-10-16(11-22(36-2)24(21)37-3)25(33)29-14-23(32)31-30-13-15-4-7-18(8-5-15)38-26(34)19-9-6-17(27)12-20(19)28/h4-13H,14H2,1-3H3,(H,29,33)(H,31,32). The molecule has 38 heavy (non-hydrogen) atoms. The van der Waals surface area contributed by atoms with Crippen LogP contribution in [0.2, 0.25) is 10.0 Å². The molecule has 10 nitrogen and oxygen atoms in total. The molecule has 0 saturated carbocycles. The molecule has 0 aliphatic carbocycles. The van der Waals surface area contributed by atoms with E-state index in [0.717, 1.165) is 0 Å². The largest absolute Gasteiger partial charge is 0.493 e. The number of rotatable bonds is 10. The zero-order valence-corrected chi connectivity index (χ0v) is 22.1. The molecule has 0 fully saturated rings. The van der Waals surface area contributed by atoms with Crippen molar-refractivity contribution in [1.29, 1.82) is 0 Å². The number of hydrogen-bond donors (Lipinski definition) is 2. The topological polar surface area (TPSA) is 125 Å². The predicted molar refractivity (Wildman–Crippen MR) is 142 cm³/mol. The Balaban J connectivity index is 1.50. The van der Waals surface area contributed by atoms with Crippen LogP contribution in [0.5, 0.6) is 23.0 Å². The Bertz CT molecular complexity index is 1340. The van der Waals surface area contributed by atoms with Crippen molar-refractivity contribution in [2.75, 3.05) is 27.9 Å². The molecule has 12 heteroatoms. The van der Waals surface area contributed by atoms with Gasteiger partial charge in [-0.3, -0.25) is 9.59 Å². The monoisotopic (exact) mass is 559 g/mol. The number of benzene rings is 3. The van der Waals surface area contributed by atoms with Crippen LogP contribution >= 0.6 is 23.2 Å². The summed E-state index contributed by atoms with van der Waals surface area (Å²) in [6.45, 7) is -0.324. The lowest BCUT2D eigenvalue weighted by Gasteiger charge is -2.14. The number of amides is 2. The number of ether oxygens (including phenoxy) is 4. The maximum absolute atomic E-state index is 12.5. The van der Waals surface area contributed by atoms with Gasteiger partial charge in [-0.1, -0.05) is 23.2 Å². The summed E-state index contributed by atoms with van der Waals surface area (Å²) in [5.74, 6) is -0.455. The Hall–Kier alpha value is -4.28. The molecule has 0 aliphatic rings. The summed E-state index contributed by atoms with van der Waals surface area (Å²) >= 11 is 11.9. The average molecular weight is 560 g/mol. The number of hydrazone groups is 1. The number of methoxy groups -OCH3 is 3. The van der Waals surface area contributed by atoms with Crippen molar-refractivity contribution in [3.8, 4) is 23.0 Å². The van der Waals surface area contributed by atoms with Crippen LogP contribution in [0.3, 0.4) is 0 Å². The number of nitrogens with one attached hydrogen (secondary N) is 2. The van der Waals surface area contributed by atoms with Gasteiger partial charge in [0.1, 0.15) is 5.75 Å². The minimum absolute atomic E-state index is 0.182. The SMILES string of the molecule is COc1cc(C(=O)NCC(=O)NN=Cc2ccc(OC(=O)c3ccc(Cl)cc3Cl)cc2)cc(OC)c1OC. The van der Waals surface area contributed by atoms with Gasteiger partial charge < -0.3 is 24.3 Å². The van der Waals surface area contributed by atoms with Crippen LogP contribution in [-0.2, 0) is 4.79 Å². The zero-order chi connectivity index (χ0) is 27.7. The molecule has 0 bridgehead atoms. The number of nitrogens with zero attached hydrogens (tertiary/aromatic N) is 1. The molecule has 0 saturated heterocycles. The summed E-state index contributed by atoms with van der Waals surface area (Å²) in [5.41, 5.74) is 3.34. The molecule has 0 unspecified atom stereocenters. The Morgan fingerprint density at radius 1 is 0.895 bits per heavy atom. The summed E-state index contributed by atoms with van der Waals surface area (Å²) < 4.78 is 21.0. The molecule has 2 N–H and O–H groups in total. The molecule has 0 heterocycles. The lowest BCUT2D eigenvalue weighted by molar-refractivity contribution is -0.120. The number of esters is 1. The first-order chi connectivity index (χ1) is 18.2. The van der Waals surface area contributed by atoms with Crippen molar-refractivity contribution in [2.45, 2.75) is 0 Å². The third-order valence-corrected chi connectivity index (χ3v) is 5.53. The first-order valence-electron chi connectivity index (χ1n) is 10.9. The van der Waals surface area contributed by atoms with Gasteiger partial charge in [-0.2, -0.15) is 5.10 Å². The van der Waals surface area contributed by atoms with Crippen molar-refractivity contribution in [3.05, 3.63) is 81.3 Å². The first kappa shape index (κ1) is 28.3. The molecule has 0 aromatic heterocycles. The smallest absolute Gasteiger partial charge is 0.345 e. The number of carbonyl (C=O) groups is 3. The van der Waals surface area contributed by atoms with E-state index in [1.54, 1.807) is 24.3 Å². The van der Waals surface area contributed by atoms with Gasteiger partial charge in [0.25, 0.3) is 11.8 Å². The van der Waals surface area contributed by atoms with E-state index in [0.29, 0.717) is 27.8 Å². The summed E-state index contributed by atoms with van der Waals surface area (Å²) in [5, 5.41) is 6.94. The molecule has 0 atom stereocenters. The van der Waals surface area contributed by atoms with E-state index in [2.05, 4.69) is 15.8 Å². The fraction of sp³-hybridized carbons (Fsp3) is 0.154. The van der Waals surface area contributed by atoms with Crippen molar-refractivity contribution >= 4 is 47.2 Å². The molecular weight excluding hydrogens is 537 g/mol. The Morgan fingerprint density at radius 3 is 2.13 bits per heavy atom. The van der Waals surface area contributed by atoms with E-state index in [1.807, 2.05) is 0 Å². The van der Waals surface area contributed by atoms with E-state index in [1.165, 1.54) is 57.9 Å². The number of halogens is 2. The van der Waals surface area contributed by atoms with Gasteiger partial charge in [-0.15, -0.1) is 0 Å². The Labute approximate surface area is 228 Å². The van der Waals surface area contributed by atoms with Crippen molar-refractivity contribution in [1.82, 2.24) is 10.7 Å². The van der Waals surface area contributed by atoms with E-state index in [-0.39, 0.29) is 28.4 Å². The highest BCUT2D eigenvalue weighted by atomic mass is 35.5. The summed E-state index contributed by atoms with van der Waals surface area (Å²) in [4.78, 5) is 36.9. The van der Waals surface area contributed by atoms with E-state index >= 15 is 0 Å². The van der Waals surface area contributed by atoms with Gasteiger partial charge in [0, 0.05) is 10.6 Å². The maximum Gasteiger partial charge on any atom is 0.345 e. The van der Waals surface area contributed by atoms with Gasteiger partial charge >= 0.3 is 5.97 Å². The summed E-state index contributed by atoms with van der Waals surface area (Å²) in [6, 6.07) is 13.8. The molecule has 3 rings (SSSR count). The van der Waals surface area contributed by atoms with Crippen LogP contribution in [0, 0.1) is 0 Å². The summed E-state index contributed by atoms with van der Waals surface area (Å²) in [6.07, 6.45) is 1.39. The fourth-order valence-corrected chi connectivity index (χ4v) is 3.62. The van der Waals surface area contributed by atoms with Crippen LogP contribution in [0.1, 0.15) is 26.3 Å². The van der Waals surface area contributed by atoms with Crippen LogP contribution in [0.15, 0.2) is 59.7 Å². The maximum atomic E-state index is 12.5. The van der Waals surface area contributed by atoms with Gasteiger partial charge in [-0.05, 0) is 60.2 Å². The molecule has 2 amide bonds. The number of hydrogen-bond acceptors (Lipinski definition) is 8. The van der Waals surface area contributed by atoms with Gasteiger partial charge in [0.05, 0.1) is 44.7 Å². The molecule has 0 aliphatic heterocycles. The van der Waals surface area contributed by atoms with Crippen LogP contribution < -0.4 is 29.7 Å². The second-order valence-electron chi connectivity index (χ2n) is 7.47. The van der Waals surface area contributed by atoms with Gasteiger partial charge in [-0.25, -0.2) is 10.2 Å². The Kier molecular flexibility index (Phi) is 9.92. The highest BCUT2D eigenvalue weighted by Gasteiger charge is 2.17. The molecule has 3 aromatic rings. The summed E-state index contributed by atoms with van der Waals surface area (Å²) in [7, 11) is 4.32. The Morgan fingerprint density at radius 2 is 1.55 bits per heavy atom. The lowest BCUT2D eigenvalue weighted by atomic mass is 10.1. The average Bonchev–Trinajstić information content (AvgIpc) is 2.91. The van der Waals surface area contributed by atoms with Crippen LogP contribution in [0.25, 0.3) is 0 Å². The first-order valence-corrected chi connectivity index (χ1v) is 11.7. The van der Waals surface area contributed by atoms with Crippen LogP contribution in [-0.4, -0.2) is 51.9 Å². The molecular formula is C26H23Cl2N3O7. The third kappa shape index (κ3) is 7.37. The second-order valence-corrected chi connectivity index (χ2v) is 8.32. The number of carbonyl (C=O) groups excluding carboxylic acids is 3. The molecule has 0 spiro atoms. The predicted octanol–water partition coefficient (Wildman–Crippen LogP) is 4.12. The normalized spacial score (nSPS) is 10.6. The van der Waals surface area contributed by atoms with Crippen molar-refractivity contribution in [2.24, 2.45) is 5.10 Å². The van der Waals surface area contributed by atoms with Crippen molar-refractivity contribution in [3.63, 3.8) is 0 Å². The molecule has 3 aromatic carbocycles. The lowest BCUT2D eigenvalue weighted by Crippen LogP contribution is -2.34. The van der Waals surface area contributed by atoms with Crippen molar-refractivity contribution < 1.29 is 33.3 Å². The minimum atomic E-state index is -0.631. The molecule has 0 radical (unpaired) electrons. The second kappa shape index (κ2) is 13.3. The van der Waals surface area contributed by atoms with Gasteiger partial charge in [0.15, 0.2) is 11.5 Å². The van der Waals surface area contributed by atoms with Gasteiger partial charge in [0.2, 0.25) is 5.75 Å². The quantitative estimate of drug-likeness (QED) is 0.166. The van der Waals surface area contributed by atoms with Crippen LogP contribution in [0.4, 0.5) is 0 Å². The third-order valence-electron chi connectivity index (χ3n) is 4.98. The van der Waals surface area contributed by atoms with E-state index in [9.17, 15) is 14.4 Å².